The van der Waals surface area contributed by atoms with Gasteiger partial charge in [0.05, 0.1) is 11.9 Å². The van der Waals surface area contributed by atoms with Crippen LogP contribution in [-0.4, -0.2) is 11.0 Å². The summed E-state index contributed by atoms with van der Waals surface area (Å²) in [5, 5.41) is 8.74. The number of para-hydroxylation sites is 1. The number of carbonyl (C=O) groups excluding carboxylic acids is 1. The number of nitrogens with one attached hydrogen (secondary N) is 3. The molecule has 3 N–H and O–H groups in total. The fourth-order valence-electron chi connectivity index (χ4n) is 2.33. The first kappa shape index (κ1) is 16.5. The topological polar surface area (TPSA) is 66.0 Å². The van der Waals surface area contributed by atoms with Crippen molar-refractivity contribution in [1.29, 1.82) is 0 Å². The molecule has 0 atom stereocenters. The largest absolute Gasteiger partial charge is 0.354 e. The molecule has 0 bridgehead atoms. The zero-order chi connectivity index (χ0) is 17.5. The molecule has 5 nitrogen and oxygen atoms in total. The van der Waals surface area contributed by atoms with Crippen molar-refractivity contribution >= 4 is 28.9 Å². The zero-order valence-electron chi connectivity index (χ0n) is 14.0. The minimum atomic E-state index is -0.324. The number of amides is 2. The molecule has 1 heterocycles. The number of aryl methyl sites for hydroxylation is 1. The Morgan fingerprint density at radius 2 is 1.56 bits per heavy atom. The number of hydrogen-bond acceptors (Lipinski definition) is 3. The Morgan fingerprint density at radius 3 is 2.20 bits per heavy atom. The Balaban J connectivity index is 1.57. The molecule has 1 aromatic heterocycles. The Kier molecular flexibility index (Phi) is 5.26. The second-order valence-corrected chi connectivity index (χ2v) is 5.55. The number of anilines is 4. The minimum absolute atomic E-state index is 0.324. The standard InChI is InChI=1S/C20H20N4O/c1-2-15-8-10-17(11-9-15)22-18-12-13-19(21-14-18)24-20(25)23-16-6-4-3-5-7-16/h3-14,22H,2H2,1H3,(H2,21,23,24,25). The van der Waals surface area contributed by atoms with Crippen molar-refractivity contribution in [3.05, 3.63) is 78.5 Å². The normalized spacial score (nSPS) is 10.1. The van der Waals surface area contributed by atoms with Crippen LogP contribution in [0.2, 0.25) is 0 Å². The molecular weight excluding hydrogens is 312 g/mol. The summed E-state index contributed by atoms with van der Waals surface area (Å²) in [5.41, 5.74) is 3.89. The predicted octanol–water partition coefficient (Wildman–Crippen LogP) is 5.03. The van der Waals surface area contributed by atoms with E-state index in [1.165, 1.54) is 5.56 Å². The number of pyridine rings is 1. The number of benzene rings is 2. The van der Waals surface area contributed by atoms with E-state index in [2.05, 4.69) is 40.0 Å². The molecule has 25 heavy (non-hydrogen) atoms. The molecule has 0 fully saturated rings. The number of rotatable bonds is 5. The van der Waals surface area contributed by atoms with Gasteiger partial charge in [-0.05, 0) is 48.4 Å². The molecule has 0 saturated carbocycles. The third kappa shape index (κ3) is 4.81. The zero-order valence-corrected chi connectivity index (χ0v) is 14.0. The van der Waals surface area contributed by atoms with E-state index in [0.29, 0.717) is 5.82 Å². The lowest BCUT2D eigenvalue weighted by atomic mass is 10.1. The number of carbonyl (C=O) groups is 1. The predicted molar refractivity (Wildman–Crippen MR) is 102 cm³/mol. The first-order chi connectivity index (χ1) is 12.2. The average Bonchev–Trinajstić information content (AvgIpc) is 2.65. The summed E-state index contributed by atoms with van der Waals surface area (Å²) in [6, 6.07) is 20.8. The maximum absolute atomic E-state index is 11.9. The van der Waals surface area contributed by atoms with Crippen LogP contribution in [0, 0.1) is 0 Å². The fourth-order valence-corrected chi connectivity index (χ4v) is 2.33. The molecule has 0 saturated heterocycles. The van der Waals surface area contributed by atoms with Crippen molar-refractivity contribution in [2.75, 3.05) is 16.0 Å². The van der Waals surface area contributed by atoms with Crippen molar-refractivity contribution in [2.45, 2.75) is 13.3 Å². The number of urea groups is 1. The molecule has 5 heteroatoms. The van der Waals surface area contributed by atoms with Crippen molar-refractivity contribution in [2.24, 2.45) is 0 Å². The van der Waals surface area contributed by atoms with Gasteiger partial charge in [0.2, 0.25) is 0 Å². The van der Waals surface area contributed by atoms with Crippen LogP contribution in [0.5, 0.6) is 0 Å². The van der Waals surface area contributed by atoms with Crippen LogP contribution in [0.15, 0.2) is 72.9 Å². The van der Waals surface area contributed by atoms with Gasteiger partial charge in [-0.25, -0.2) is 9.78 Å². The summed E-state index contributed by atoms with van der Waals surface area (Å²) < 4.78 is 0. The minimum Gasteiger partial charge on any atom is -0.354 e. The Hall–Kier alpha value is -3.34. The van der Waals surface area contributed by atoms with Gasteiger partial charge in [-0.2, -0.15) is 0 Å². The highest BCUT2D eigenvalue weighted by Gasteiger charge is 2.03. The third-order valence-corrected chi connectivity index (χ3v) is 3.69. The summed E-state index contributed by atoms with van der Waals surface area (Å²) in [6.07, 6.45) is 2.71. The lowest BCUT2D eigenvalue weighted by molar-refractivity contribution is 0.262. The van der Waals surface area contributed by atoms with Gasteiger partial charge in [0.25, 0.3) is 0 Å². The van der Waals surface area contributed by atoms with Gasteiger partial charge in [0.15, 0.2) is 0 Å². The highest BCUT2D eigenvalue weighted by atomic mass is 16.2. The summed E-state index contributed by atoms with van der Waals surface area (Å²) in [5.74, 6) is 0.486. The molecule has 126 valence electrons. The van der Waals surface area contributed by atoms with Gasteiger partial charge in [-0.3, -0.25) is 5.32 Å². The first-order valence-electron chi connectivity index (χ1n) is 8.18. The molecule has 0 aliphatic heterocycles. The van der Waals surface area contributed by atoms with Crippen LogP contribution in [0.3, 0.4) is 0 Å². The molecule has 3 aromatic rings. The second kappa shape index (κ2) is 7.97. The second-order valence-electron chi connectivity index (χ2n) is 5.55. The molecule has 0 aliphatic rings. The van der Waals surface area contributed by atoms with E-state index in [-0.39, 0.29) is 6.03 Å². The summed E-state index contributed by atoms with van der Waals surface area (Å²) >= 11 is 0. The van der Waals surface area contributed by atoms with Gasteiger partial charge in [-0.1, -0.05) is 37.3 Å². The molecule has 2 aromatic carbocycles. The van der Waals surface area contributed by atoms with E-state index in [9.17, 15) is 4.79 Å². The third-order valence-electron chi connectivity index (χ3n) is 3.69. The van der Waals surface area contributed by atoms with E-state index in [4.69, 9.17) is 0 Å². The van der Waals surface area contributed by atoms with Gasteiger partial charge in [0.1, 0.15) is 5.82 Å². The fraction of sp³-hybridized carbons (Fsp3) is 0.100. The summed E-state index contributed by atoms with van der Waals surface area (Å²) in [7, 11) is 0. The van der Waals surface area contributed by atoms with E-state index in [1.807, 2.05) is 48.5 Å². The SMILES string of the molecule is CCc1ccc(Nc2ccc(NC(=O)Nc3ccccc3)nc2)cc1. The number of hydrogen-bond donors (Lipinski definition) is 3. The van der Waals surface area contributed by atoms with Crippen molar-refractivity contribution in [3.8, 4) is 0 Å². The van der Waals surface area contributed by atoms with Crippen molar-refractivity contribution in [1.82, 2.24) is 4.98 Å². The van der Waals surface area contributed by atoms with Crippen LogP contribution in [0.1, 0.15) is 12.5 Å². The molecular formula is C20H20N4O. The smallest absolute Gasteiger partial charge is 0.324 e. The summed E-state index contributed by atoms with van der Waals surface area (Å²) in [6.45, 7) is 2.13. The van der Waals surface area contributed by atoms with Crippen LogP contribution < -0.4 is 16.0 Å². The summed E-state index contributed by atoms with van der Waals surface area (Å²) in [4.78, 5) is 16.2. The van der Waals surface area contributed by atoms with Gasteiger partial charge < -0.3 is 10.6 Å². The van der Waals surface area contributed by atoms with Crippen LogP contribution in [0.25, 0.3) is 0 Å². The molecule has 3 rings (SSSR count). The molecule has 2 amide bonds. The lowest BCUT2D eigenvalue weighted by Crippen LogP contribution is -2.19. The van der Waals surface area contributed by atoms with E-state index in [1.54, 1.807) is 12.3 Å². The van der Waals surface area contributed by atoms with Gasteiger partial charge in [-0.15, -0.1) is 0 Å². The average molecular weight is 332 g/mol. The molecule has 0 radical (unpaired) electrons. The Labute approximate surface area is 147 Å². The van der Waals surface area contributed by atoms with Crippen LogP contribution in [0.4, 0.5) is 27.7 Å². The quantitative estimate of drug-likeness (QED) is 0.614. The Morgan fingerprint density at radius 1 is 0.840 bits per heavy atom. The van der Waals surface area contributed by atoms with E-state index in [0.717, 1.165) is 23.5 Å². The van der Waals surface area contributed by atoms with Crippen molar-refractivity contribution in [3.63, 3.8) is 0 Å². The van der Waals surface area contributed by atoms with E-state index < -0.39 is 0 Å². The first-order valence-corrected chi connectivity index (χ1v) is 8.18. The van der Waals surface area contributed by atoms with Crippen molar-refractivity contribution < 1.29 is 4.79 Å². The highest BCUT2D eigenvalue weighted by molar-refractivity contribution is 5.99. The van der Waals surface area contributed by atoms with Crippen LogP contribution in [-0.2, 0) is 6.42 Å². The Bertz CT molecular complexity index is 815. The molecule has 0 aliphatic carbocycles. The highest BCUT2D eigenvalue weighted by Crippen LogP contribution is 2.18. The lowest BCUT2D eigenvalue weighted by Gasteiger charge is -2.09. The number of nitrogens with zero attached hydrogens (tertiary/aromatic N) is 1. The number of aromatic nitrogens is 1. The van der Waals surface area contributed by atoms with Gasteiger partial charge >= 0.3 is 6.03 Å². The molecule has 0 spiro atoms. The maximum atomic E-state index is 11.9. The maximum Gasteiger partial charge on any atom is 0.324 e. The van der Waals surface area contributed by atoms with E-state index >= 15 is 0 Å². The molecule has 0 unspecified atom stereocenters. The van der Waals surface area contributed by atoms with Gasteiger partial charge in [0, 0.05) is 11.4 Å². The monoisotopic (exact) mass is 332 g/mol. The van der Waals surface area contributed by atoms with Crippen LogP contribution >= 0.6 is 0 Å².